The minimum atomic E-state index is -1.31. The van der Waals surface area contributed by atoms with Gasteiger partial charge >= 0.3 is 11.5 Å². The van der Waals surface area contributed by atoms with Gasteiger partial charge in [-0.1, -0.05) is 6.58 Å². The number of aromatic amines is 1. The topological polar surface area (TPSA) is 203 Å². The number of aliphatic hydroxyl groups excluding tert-OH is 1. The van der Waals surface area contributed by atoms with Crippen LogP contribution in [0.4, 0.5) is 23.1 Å². The third-order valence-corrected chi connectivity index (χ3v) is 4.93. The number of hydrogen-bond acceptors (Lipinski definition) is 9. The second-order valence-electron chi connectivity index (χ2n) is 7.29. The molecule has 33 heavy (non-hydrogen) atoms. The Hall–Kier alpha value is -4.55. The molecule has 174 valence electrons. The highest BCUT2D eigenvalue weighted by Gasteiger charge is 2.29. The molecule has 8 N–H and O–H groups in total. The van der Waals surface area contributed by atoms with Crippen LogP contribution in [0.3, 0.4) is 0 Å². The number of H-pyrrole nitrogens is 1. The number of aliphatic hydroxyl groups is 1. The minimum Gasteiger partial charge on any atom is -0.513 e. The van der Waals surface area contributed by atoms with E-state index in [1.165, 1.54) is 17.0 Å². The van der Waals surface area contributed by atoms with Gasteiger partial charge in [0, 0.05) is 30.8 Å². The van der Waals surface area contributed by atoms with Gasteiger partial charge in [0.25, 0.3) is 5.91 Å². The van der Waals surface area contributed by atoms with Gasteiger partial charge in [-0.25, -0.2) is 4.79 Å². The lowest BCUT2D eigenvalue weighted by Gasteiger charge is -2.34. The number of aromatic nitrogens is 2. The number of nitrogen functional groups attached to an aromatic ring is 1. The van der Waals surface area contributed by atoms with Gasteiger partial charge in [-0.3, -0.25) is 14.4 Å². The fourth-order valence-electron chi connectivity index (χ4n) is 3.31. The van der Waals surface area contributed by atoms with Gasteiger partial charge in [0.05, 0.1) is 11.8 Å². The molecule has 0 spiro atoms. The smallest absolute Gasteiger partial charge is 0.326 e. The lowest BCUT2D eigenvalue weighted by Crippen LogP contribution is -2.50. The summed E-state index contributed by atoms with van der Waals surface area (Å²) in [6.45, 7) is 3.85. The van der Waals surface area contributed by atoms with E-state index in [0.29, 0.717) is 24.5 Å². The van der Waals surface area contributed by atoms with Crippen LogP contribution in [-0.4, -0.2) is 63.6 Å². The molecule has 1 aromatic heterocycles. The van der Waals surface area contributed by atoms with Crippen LogP contribution in [0.5, 0.6) is 0 Å². The van der Waals surface area contributed by atoms with Gasteiger partial charge in [-0.05, 0) is 24.3 Å². The molecule has 0 radical (unpaired) electrons. The molecule has 1 aromatic carbocycles. The lowest BCUT2D eigenvalue weighted by molar-refractivity contribution is -0.139. The summed E-state index contributed by atoms with van der Waals surface area (Å²) in [6.07, 6.45) is 0.240. The number of fused-ring (bicyclic) bond motifs is 1. The second-order valence-corrected chi connectivity index (χ2v) is 7.29. The van der Waals surface area contributed by atoms with Crippen molar-refractivity contribution in [3.05, 3.63) is 52.5 Å². The number of carbonyl (C=O) groups is 3. The second kappa shape index (κ2) is 9.72. The van der Waals surface area contributed by atoms with Crippen molar-refractivity contribution in [1.29, 1.82) is 0 Å². The Balaban J connectivity index is 1.64. The van der Waals surface area contributed by atoms with Crippen LogP contribution in [0.1, 0.15) is 16.8 Å². The predicted molar refractivity (Wildman–Crippen MR) is 120 cm³/mol. The molecule has 3 rings (SSSR count). The Kier molecular flexibility index (Phi) is 6.81. The zero-order valence-corrected chi connectivity index (χ0v) is 17.4. The fourth-order valence-corrected chi connectivity index (χ4v) is 3.31. The molecule has 0 saturated heterocycles. The predicted octanol–water partition coefficient (Wildman–Crippen LogP) is -0.134. The average molecular weight is 457 g/mol. The van der Waals surface area contributed by atoms with Crippen molar-refractivity contribution in [2.75, 3.05) is 34.4 Å². The summed E-state index contributed by atoms with van der Waals surface area (Å²) in [7, 11) is 0. The molecule has 2 aromatic rings. The SMILES string of the molecule is C=C(O)CC(NC(=O)c1ccc(NCC2CNc3[nH]c(N)nc(=O)c3N2C=O)cc1)C(=O)O. The number of rotatable bonds is 9. The zero-order valence-electron chi connectivity index (χ0n) is 17.4. The number of nitrogens with two attached hydrogens (primary N) is 1. The maximum absolute atomic E-state index is 12.3. The van der Waals surface area contributed by atoms with Crippen molar-refractivity contribution >= 4 is 41.4 Å². The van der Waals surface area contributed by atoms with E-state index in [-0.39, 0.29) is 35.9 Å². The molecule has 1 aliphatic heterocycles. The number of anilines is 4. The van der Waals surface area contributed by atoms with Crippen molar-refractivity contribution in [2.45, 2.75) is 18.5 Å². The molecule has 2 heterocycles. The van der Waals surface area contributed by atoms with Crippen molar-refractivity contribution < 1.29 is 24.6 Å². The number of carboxylic acids is 1. The molecular formula is C20H23N7O6. The van der Waals surface area contributed by atoms with Gasteiger partial charge in [0.2, 0.25) is 12.4 Å². The summed E-state index contributed by atoms with van der Waals surface area (Å²) in [6, 6.07) is 4.49. The number of carbonyl (C=O) groups excluding carboxylic acids is 2. The summed E-state index contributed by atoms with van der Waals surface area (Å²) < 4.78 is 0. The van der Waals surface area contributed by atoms with Gasteiger partial charge in [0.15, 0.2) is 5.69 Å². The summed E-state index contributed by atoms with van der Waals surface area (Å²) in [5.74, 6) is -2.02. The van der Waals surface area contributed by atoms with Crippen molar-refractivity contribution in [3.63, 3.8) is 0 Å². The van der Waals surface area contributed by atoms with Crippen LogP contribution in [0.2, 0.25) is 0 Å². The van der Waals surface area contributed by atoms with E-state index in [0.717, 1.165) is 0 Å². The van der Waals surface area contributed by atoms with Crippen LogP contribution < -0.4 is 32.1 Å². The molecule has 2 amide bonds. The van der Waals surface area contributed by atoms with Crippen LogP contribution in [-0.2, 0) is 9.59 Å². The van der Waals surface area contributed by atoms with Gasteiger partial charge in [-0.15, -0.1) is 0 Å². The Morgan fingerprint density at radius 2 is 2.03 bits per heavy atom. The lowest BCUT2D eigenvalue weighted by atomic mass is 10.1. The van der Waals surface area contributed by atoms with Gasteiger partial charge in [-0.2, -0.15) is 4.98 Å². The van der Waals surface area contributed by atoms with E-state index >= 15 is 0 Å². The zero-order chi connectivity index (χ0) is 24.1. The van der Waals surface area contributed by atoms with Crippen molar-refractivity contribution in [1.82, 2.24) is 15.3 Å². The van der Waals surface area contributed by atoms with Gasteiger partial charge in [0.1, 0.15) is 11.9 Å². The highest BCUT2D eigenvalue weighted by atomic mass is 16.4. The third kappa shape index (κ3) is 5.39. The molecule has 13 heteroatoms. The van der Waals surface area contributed by atoms with Crippen LogP contribution in [0, 0.1) is 0 Å². The first kappa shape index (κ1) is 23.1. The first-order valence-electron chi connectivity index (χ1n) is 9.81. The Morgan fingerprint density at radius 1 is 1.33 bits per heavy atom. The van der Waals surface area contributed by atoms with Gasteiger partial charge < -0.3 is 41.8 Å². The van der Waals surface area contributed by atoms with Crippen molar-refractivity contribution in [2.24, 2.45) is 0 Å². The van der Waals surface area contributed by atoms with E-state index in [1.54, 1.807) is 12.1 Å². The van der Waals surface area contributed by atoms with Crippen LogP contribution >= 0.6 is 0 Å². The number of benzene rings is 1. The van der Waals surface area contributed by atoms with E-state index in [1.807, 2.05) is 0 Å². The standard InChI is InChI=1S/C20H23N7O6/c1-10(29)6-14(19(32)33)24-17(30)11-2-4-12(5-3-11)22-7-13-8-23-16-15(27(13)9-28)18(31)26-20(21)25-16/h2-5,9,13-14,22,29H,1,6-8H2,(H,24,30)(H,32,33)(H4,21,23,25,26,31). The number of carboxylic acid groups (broad SMARTS) is 1. The molecule has 2 atom stereocenters. The van der Waals surface area contributed by atoms with E-state index < -0.39 is 29.5 Å². The number of nitrogens with one attached hydrogen (secondary N) is 4. The minimum absolute atomic E-state index is 0.0613. The first-order valence-corrected chi connectivity index (χ1v) is 9.81. The van der Waals surface area contributed by atoms with E-state index in [2.05, 4.69) is 32.5 Å². The number of hydrogen-bond donors (Lipinski definition) is 7. The van der Waals surface area contributed by atoms with Crippen molar-refractivity contribution in [3.8, 4) is 0 Å². The Labute approximate surface area is 187 Å². The highest BCUT2D eigenvalue weighted by Crippen LogP contribution is 2.25. The molecule has 2 unspecified atom stereocenters. The van der Waals surface area contributed by atoms with E-state index in [4.69, 9.17) is 10.8 Å². The number of nitrogens with zero attached hydrogens (tertiary/aromatic N) is 2. The maximum Gasteiger partial charge on any atom is 0.326 e. The normalized spacial score (nSPS) is 15.5. The summed E-state index contributed by atoms with van der Waals surface area (Å²) in [5.41, 5.74) is 5.82. The molecule has 0 aliphatic carbocycles. The van der Waals surface area contributed by atoms with Crippen LogP contribution in [0.25, 0.3) is 0 Å². The molecule has 0 bridgehead atoms. The fraction of sp³-hybridized carbons (Fsp3) is 0.250. The largest absolute Gasteiger partial charge is 0.513 e. The highest BCUT2D eigenvalue weighted by molar-refractivity contribution is 5.97. The molecular weight excluding hydrogens is 434 g/mol. The molecule has 13 nitrogen and oxygen atoms in total. The Bertz CT molecular complexity index is 1130. The van der Waals surface area contributed by atoms with Crippen LogP contribution in [0.15, 0.2) is 41.4 Å². The average Bonchev–Trinajstić information content (AvgIpc) is 2.76. The number of amides is 2. The monoisotopic (exact) mass is 457 g/mol. The molecule has 0 saturated carbocycles. The first-order chi connectivity index (χ1) is 15.7. The maximum atomic E-state index is 12.3. The van der Waals surface area contributed by atoms with E-state index in [9.17, 15) is 24.3 Å². The quantitative estimate of drug-likeness (QED) is 0.196. The summed E-state index contributed by atoms with van der Waals surface area (Å²) in [4.78, 5) is 55.0. The third-order valence-electron chi connectivity index (χ3n) is 4.93. The molecule has 0 fully saturated rings. The molecule has 1 aliphatic rings. The Morgan fingerprint density at radius 3 is 2.64 bits per heavy atom. The summed E-state index contributed by atoms with van der Waals surface area (Å²) in [5, 5.41) is 26.8. The number of aliphatic carboxylic acids is 1. The summed E-state index contributed by atoms with van der Waals surface area (Å²) >= 11 is 0.